The van der Waals surface area contributed by atoms with E-state index < -0.39 is 0 Å². The molecule has 0 saturated heterocycles. The van der Waals surface area contributed by atoms with Crippen LogP contribution in [0.4, 0.5) is 0 Å². The van der Waals surface area contributed by atoms with Crippen molar-refractivity contribution in [2.24, 2.45) is 10.3 Å². The standard InChI is InChI=1S/C24H20N4O4/c29-25-13-17-7-1-5-11-23(17)31-15-21-22(28-20-10-4-3-9-19(20)27-21)16-32-24-12-6-2-8-18(24)14-26-30/h1-14,29-30H,15-16H2/b25-13-,26-14-. The molecule has 0 amide bonds. The summed E-state index contributed by atoms with van der Waals surface area (Å²) in [5.74, 6) is 1.10. The van der Waals surface area contributed by atoms with Crippen LogP contribution in [-0.4, -0.2) is 32.8 Å². The molecule has 4 aromatic rings. The van der Waals surface area contributed by atoms with E-state index in [0.717, 1.165) is 11.0 Å². The Morgan fingerprint density at radius 1 is 0.625 bits per heavy atom. The molecule has 3 aromatic carbocycles. The van der Waals surface area contributed by atoms with Crippen molar-refractivity contribution in [2.75, 3.05) is 0 Å². The van der Waals surface area contributed by atoms with Gasteiger partial charge in [-0.1, -0.05) is 46.7 Å². The van der Waals surface area contributed by atoms with Gasteiger partial charge in [0.15, 0.2) is 0 Å². The Hall–Kier alpha value is -4.46. The second-order valence-electron chi connectivity index (χ2n) is 6.75. The van der Waals surface area contributed by atoms with Gasteiger partial charge in [0.25, 0.3) is 0 Å². The number of para-hydroxylation sites is 4. The third-order valence-corrected chi connectivity index (χ3v) is 4.69. The highest BCUT2D eigenvalue weighted by atomic mass is 16.5. The summed E-state index contributed by atoms with van der Waals surface area (Å²) in [6.45, 7) is 0.291. The number of oxime groups is 2. The highest BCUT2D eigenvalue weighted by molar-refractivity contribution is 5.83. The molecule has 4 rings (SSSR count). The first-order chi connectivity index (χ1) is 15.8. The van der Waals surface area contributed by atoms with Crippen molar-refractivity contribution in [2.45, 2.75) is 13.2 Å². The van der Waals surface area contributed by atoms with Crippen molar-refractivity contribution in [3.8, 4) is 11.5 Å². The summed E-state index contributed by atoms with van der Waals surface area (Å²) in [5.41, 5.74) is 4.00. The van der Waals surface area contributed by atoms with Gasteiger partial charge in [-0.15, -0.1) is 0 Å². The first-order valence-electron chi connectivity index (χ1n) is 9.81. The van der Waals surface area contributed by atoms with Crippen molar-refractivity contribution >= 4 is 23.5 Å². The highest BCUT2D eigenvalue weighted by Crippen LogP contribution is 2.22. The number of fused-ring (bicyclic) bond motifs is 1. The second-order valence-corrected chi connectivity index (χ2v) is 6.75. The molecular formula is C24H20N4O4. The maximum Gasteiger partial charge on any atom is 0.132 e. The van der Waals surface area contributed by atoms with E-state index in [2.05, 4.69) is 10.3 Å². The number of hydrogen-bond donors (Lipinski definition) is 2. The fourth-order valence-corrected chi connectivity index (χ4v) is 3.16. The number of aromatic nitrogens is 2. The molecule has 0 atom stereocenters. The van der Waals surface area contributed by atoms with Crippen LogP contribution in [0.3, 0.4) is 0 Å². The van der Waals surface area contributed by atoms with E-state index in [1.54, 1.807) is 24.3 Å². The maximum atomic E-state index is 8.88. The molecule has 0 saturated carbocycles. The Kier molecular flexibility index (Phi) is 6.52. The summed E-state index contributed by atoms with van der Waals surface area (Å²) >= 11 is 0. The van der Waals surface area contributed by atoms with Gasteiger partial charge in [0.05, 0.1) is 23.5 Å². The van der Waals surface area contributed by atoms with Gasteiger partial charge in [-0.05, 0) is 36.4 Å². The Morgan fingerprint density at radius 2 is 1.03 bits per heavy atom. The van der Waals surface area contributed by atoms with Crippen LogP contribution in [0.15, 0.2) is 83.1 Å². The Labute approximate surface area is 184 Å². The Balaban J connectivity index is 1.63. The third kappa shape index (κ3) is 4.81. The Bertz CT molecular complexity index is 1180. The number of hydrogen-bond acceptors (Lipinski definition) is 8. The maximum absolute atomic E-state index is 8.88. The largest absolute Gasteiger partial charge is 0.487 e. The molecule has 0 radical (unpaired) electrons. The summed E-state index contributed by atoms with van der Waals surface area (Å²) in [4.78, 5) is 9.44. The van der Waals surface area contributed by atoms with E-state index in [1.807, 2.05) is 48.5 Å². The van der Waals surface area contributed by atoms with E-state index in [1.165, 1.54) is 12.4 Å². The molecule has 160 valence electrons. The van der Waals surface area contributed by atoms with E-state index in [4.69, 9.17) is 29.9 Å². The smallest absolute Gasteiger partial charge is 0.132 e. The zero-order valence-corrected chi connectivity index (χ0v) is 17.0. The summed E-state index contributed by atoms with van der Waals surface area (Å²) in [5, 5.41) is 23.9. The summed E-state index contributed by atoms with van der Waals surface area (Å²) in [6, 6.07) is 22.0. The molecule has 2 N–H and O–H groups in total. The average Bonchev–Trinajstić information content (AvgIpc) is 2.83. The molecule has 8 nitrogen and oxygen atoms in total. The summed E-state index contributed by atoms with van der Waals surface area (Å²) in [7, 11) is 0. The molecule has 0 bridgehead atoms. The lowest BCUT2D eigenvalue weighted by molar-refractivity contribution is 0.277. The van der Waals surface area contributed by atoms with Gasteiger partial charge in [-0.25, -0.2) is 9.97 Å². The highest BCUT2D eigenvalue weighted by Gasteiger charge is 2.13. The van der Waals surface area contributed by atoms with Crippen LogP contribution < -0.4 is 9.47 Å². The molecule has 32 heavy (non-hydrogen) atoms. The summed E-state index contributed by atoms with van der Waals surface area (Å²) in [6.07, 6.45) is 2.62. The van der Waals surface area contributed by atoms with Crippen LogP contribution in [0.5, 0.6) is 11.5 Å². The van der Waals surface area contributed by atoms with Crippen molar-refractivity contribution in [1.82, 2.24) is 9.97 Å². The molecule has 0 fully saturated rings. The third-order valence-electron chi connectivity index (χ3n) is 4.69. The van der Waals surface area contributed by atoms with Gasteiger partial charge >= 0.3 is 0 Å². The normalized spacial score (nSPS) is 11.4. The van der Waals surface area contributed by atoms with Gasteiger partial charge in [-0.3, -0.25) is 0 Å². The van der Waals surface area contributed by atoms with E-state index in [9.17, 15) is 0 Å². The number of nitrogens with zero attached hydrogens (tertiary/aromatic N) is 4. The first-order valence-corrected chi connectivity index (χ1v) is 9.81. The van der Waals surface area contributed by atoms with Crippen LogP contribution in [0.2, 0.25) is 0 Å². The fraction of sp³-hybridized carbons (Fsp3) is 0.0833. The predicted molar refractivity (Wildman–Crippen MR) is 120 cm³/mol. The minimum Gasteiger partial charge on any atom is -0.487 e. The van der Waals surface area contributed by atoms with Crippen molar-refractivity contribution in [3.05, 3.63) is 95.3 Å². The predicted octanol–water partition coefficient (Wildman–Crippen LogP) is 4.40. The van der Waals surface area contributed by atoms with Crippen molar-refractivity contribution in [3.63, 3.8) is 0 Å². The zero-order valence-electron chi connectivity index (χ0n) is 17.0. The lowest BCUT2D eigenvalue weighted by Gasteiger charge is -2.14. The van der Waals surface area contributed by atoms with Crippen LogP contribution in [0.25, 0.3) is 11.0 Å². The monoisotopic (exact) mass is 428 g/mol. The van der Waals surface area contributed by atoms with Gasteiger partial charge in [-0.2, -0.15) is 0 Å². The van der Waals surface area contributed by atoms with Gasteiger partial charge in [0.1, 0.15) is 36.1 Å². The van der Waals surface area contributed by atoms with Crippen LogP contribution in [0.1, 0.15) is 22.5 Å². The van der Waals surface area contributed by atoms with Gasteiger partial charge in [0.2, 0.25) is 0 Å². The van der Waals surface area contributed by atoms with Crippen LogP contribution in [0, 0.1) is 0 Å². The molecule has 0 aliphatic heterocycles. The lowest BCUT2D eigenvalue weighted by atomic mass is 10.2. The minimum atomic E-state index is 0.145. The fourth-order valence-electron chi connectivity index (χ4n) is 3.16. The van der Waals surface area contributed by atoms with Crippen molar-refractivity contribution < 1.29 is 19.9 Å². The second kappa shape index (κ2) is 10.0. The van der Waals surface area contributed by atoms with Gasteiger partial charge < -0.3 is 19.9 Å². The lowest BCUT2D eigenvalue weighted by Crippen LogP contribution is -2.10. The van der Waals surface area contributed by atoms with Crippen LogP contribution >= 0.6 is 0 Å². The molecule has 0 unspecified atom stereocenters. The SMILES string of the molecule is O/N=C\c1ccccc1OCc1nc2ccccc2nc1COc1ccccc1/C=N\O. The molecule has 8 heteroatoms. The average molecular weight is 428 g/mol. The quantitative estimate of drug-likeness (QED) is 0.244. The van der Waals surface area contributed by atoms with E-state index in [0.29, 0.717) is 34.0 Å². The zero-order chi connectivity index (χ0) is 22.2. The molecule has 0 aliphatic carbocycles. The number of ether oxygens (including phenoxy) is 2. The minimum absolute atomic E-state index is 0.145. The molecule has 1 aromatic heterocycles. The molecule has 0 aliphatic rings. The van der Waals surface area contributed by atoms with Crippen LogP contribution in [-0.2, 0) is 13.2 Å². The first kappa shape index (κ1) is 20.8. The van der Waals surface area contributed by atoms with E-state index in [-0.39, 0.29) is 13.2 Å². The molecule has 1 heterocycles. The summed E-state index contributed by atoms with van der Waals surface area (Å²) < 4.78 is 11.9. The number of rotatable bonds is 8. The molecular weight excluding hydrogens is 408 g/mol. The molecule has 0 spiro atoms. The number of benzene rings is 3. The van der Waals surface area contributed by atoms with Gasteiger partial charge in [0, 0.05) is 11.1 Å². The Morgan fingerprint density at radius 3 is 1.47 bits per heavy atom. The van der Waals surface area contributed by atoms with Crippen molar-refractivity contribution in [1.29, 1.82) is 0 Å². The van der Waals surface area contributed by atoms with E-state index >= 15 is 0 Å². The topological polar surface area (TPSA) is 109 Å².